The van der Waals surface area contributed by atoms with Crippen molar-refractivity contribution in [1.29, 1.82) is 0 Å². The van der Waals surface area contributed by atoms with E-state index in [0.717, 1.165) is 23.3 Å². The van der Waals surface area contributed by atoms with Gasteiger partial charge in [0.05, 0.1) is 11.5 Å². The number of nitrogens with zero attached hydrogens (tertiary/aromatic N) is 1. The van der Waals surface area contributed by atoms with E-state index in [-0.39, 0.29) is 30.1 Å². The van der Waals surface area contributed by atoms with E-state index in [1.807, 2.05) is 24.3 Å². The van der Waals surface area contributed by atoms with Crippen LogP contribution in [0.1, 0.15) is 34.6 Å². The van der Waals surface area contributed by atoms with Crippen molar-refractivity contribution in [2.24, 2.45) is 5.92 Å². The van der Waals surface area contributed by atoms with Crippen molar-refractivity contribution < 1.29 is 22.4 Å². The van der Waals surface area contributed by atoms with Crippen molar-refractivity contribution in [1.82, 2.24) is 10.2 Å². The molecule has 3 nitrogen and oxygen atoms in total. The molecule has 3 aromatic rings. The molecule has 1 N–H and O–H groups in total. The Hall–Kier alpha value is -2.90. The zero-order chi connectivity index (χ0) is 25.0. The maximum Gasteiger partial charge on any atom is 0.416 e. The number of amides is 1. The van der Waals surface area contributed by atoms with Crippen molar-refractivity contribution in [3.05, 3.63) is 106 Å². The van der Waals surface area contributed by atoms with Gasteiger partial charge < -0.3 is 5.32 Å². The molecule has 1 amide bonds. The monoisotopic (exact) mass is 504 g/mol. The molecule has 1 saturated heterocycles. The predicted molar refractivity (Wildman–Crippen MR) is 127 cm³/mol. The van der Waals surface area contributed by atoms with E-state index in [1.54, 1.807) is 18.2 Å². The number of carbonyl (C=O) groups is 1. The highest BCUT2D eigenvalue weighted by Gasteiger charge is 2.33. The molecule has 1 heterocycles. The van der Waals surface area contributed by atoms with Crippen LogP contribution in [0.25, 0.3) is 0 Å². The molecule has 0 bridgehead atoms. The second-order valence-electron chi connectivity index (χ2n) is 8.88. The fraction of sp³-hybridized carbons (Fsp3) is 0.296. The van der Waals surface area contributed by atoms with Crippen molar-refractivity contribution in [2.75, 3.05) is 13.1 Å². The molecule has 0 saturated carbocycles. The van der Waals surface area contributed by atoms with E-state index in [9.17, 15) is 22.4 Å². The molecule has 0 radical (unpaired) electrons. The average Bonchev–Trinajstić information content (AvgIpc) is 2.84. The summed E-state index contributed by atoms with van der Waals surface area (Å²) in [6.07, 6.45) is -3.88. The minimum atomic E-state index is -4.44. The van der Waals surface area contributed by atoms with Gasteiger partial charge in [0.25, 0.3) is 0 Å². The Morgan fingerprint density at radius 2 is 1.74 bits per heavy atom. The standard InChI is InChI=1S/C27H25ClF4N2O/c28-25-7-2-1-5-20(25)15-34-16-21(19-8-10-24(29)11-9-19)13-22(17-34)26(35)33-14-18-4-3-6-23(12-18)27(30,31)32/h1-12,21-22H,13-17H2,(H,33,35). The Balaban J connectivity index is 1.49. The predicted octanol–water partition coefficient (Wildman–Crippen LogP) is 6.42. The van der Waals surface area contributed by atoms with Crippen LogP contribution in [0.4, 0.5) is 17.6 Å². The van der Waals surface area contributed by atoms with Crippen LogP contribution in [0.15, 0.2) is 72.8 Å². The van der Waals surface area contributed by atoms with Gasteiger partial charge in [-0.3, -0.25) is 9.69 Å². The van der Waals surface area contributed by atoms with Gasteiger partial charge in [-0.2, -0.15) is 13.2 Å². The van der Waals surface area contributed by atoms with Crippen LogP contribution < -0.4 is 5.32 Å². The summed E-state index contributed by atoms with van der Waals surface area (Å²) in [6, 6.07) is 18.7. The van der Waals surface area contributed by atoms with Crippen LogP contribution in [0.3, 0.4) is 0 Å². The average molecular weight is 505 g/mol. The Kier molecular flexibility index (Phi) is 7.77. The molecular weight excluding hydrogens is 480 g/mol. The first-order chi connectivity index (χ1) is 16.7. The minimum Gasteiger partial charge on any atom is -0.352 e. The second kappa shape index (κ2) is 10.8. The molecule has 2 atom stereocenters. The molecular formula is C27H25ClF4N2O. The lowest BCUT2D eigenvalue weighted by molar-refractivity contribution is -0.137. The number of halogens is 5. The third-order valence-electron chi connectivity index (χ3n) is 6.31. The molecule has 4 rings (SSSR count). The minimum absolute atomic E-state index is 0.00357. The zero-order valence-corrected chi connectivity index (χ0v) is 19.6. The quantitative estimate of drug-likeness (QED) is 0.393. The number of likely N-dealkylation sites (tertiary alicyclic amines) is 1. The van der Waals surface area contributed by atoms with Gasteiger partial charge in [-0.15, -0.1) is 0 Å². The summed E-state index contributed by atoms with van der Waals surface area (Å²) in [5, 5.41) is 3.45. The van der Waals surface area contributed by atoms with Gasteiger partial charge in [0, 0.05) is 31.2 Å². The molecule has 184 valence electrons. The van der Waals surface area contributed by atoms with E-state index < -0.39 is 11.7 Å². The summed E-state index contributed by atoms with van der Waals surface area (Å²) in [4.78, 5) is 15.2. The van der Waals surface area contributed by atoms with Gasteiger partial charge in [-0.1, -0.05) is 54.1 Å². The number of hydrogen-bond donors (Lipinski definition) is 1. The molecule has 0 aromatic heterocycles. The molecule has 1 aliphatic rings. The van der Waals surface area contributed by atoms with E-state index >= 15 is 0 Å². The third kappa shape index (κ3) is 6.61. The molecule has 2 unspecified atom stereocenters. The lowest BCUT2D eigenvalue weighted by Gasteiger charge is -2.37. The van der Waals surface area contributed by atoms with Crippen LogP contribution in [0.5, 0.6) is 0 Å². The largest absolute Gasteiger partial charge is 0.416 e. The fourth-order valence-electron chi connectivity index (χ4n) is 4.54. The molecule has 8 heteroatoms. The fourth-order valence-corrected chi connectivity index (χ4v) is 4.74. The number of benzene rings is 3. The van der Waals surface area contributed by atoms with Crippen LogP contribution in [0, 0.1) is 11.7 Å². The molecule has 3 aromatic carbocycles. The molecule has 0 aliphatic carbocycles. The maximum absolute atomic E-state index is 13.5. The lowest BCUT2D eigenvalue weighted by Crippen LogP contribution is -2.45. The number of carbonyl (C=O) groups excluding carboxylic acids is 1. The summed E-state index contributed by atoms with van der Waals surface area (Å²) in [7, 11) is 0. The Morgan fingerprint density at radius 1 is 1.00 bits per heavy atom. The molecule has 1 fully saturated rings. The highest BCUT2D eigenvalue weighted by atomic mass is 35.5. The molecule has 1 aliphatic heterocycles. The molecule has 35 heavy (non-hydrogen) atoms. The Morgan fingerprint density at radius 3 is 2.46 bits per heavy atom. The highest BCUT2D eigenvalue weighted by Crippen LogP contribution is 2.33. The van der Waals surface area contributed by atoms with Crippen LogP contribution in [-0.2, 0) is 24.1 Å². The summed E-state index contributed by atoms with van der Waals surface area (Å²) >= 11 is 6.35. The number of hydrogen-bond acceptors (Lipinski definition) is 2. The lowest BCUT2D eigenvalue weighted by atomic mass is 9.83. The first kappa shape index (κ1) is 25.2. The van der Waals surface area contributed by atoms with E-state index in [2.05, 4.69) is 10.2 Å². The smallest absolute Gasteiger partial charge is 0.352 e. The van der Waals surface area contributed by atoms with E-state index in [1.165, 1.54) is 18.2 Å². The first-order valence-corrected chi connectivity index (χ1v) is 11.7. The van der Waals surface area contributed by atoms with Gasteiger partial charge >= 0.3 is 6.18 Å². The first-order valence-electron chi connectivity index (χ1n) is 11.3. The summed E-state index contributed by atoms with van der Waals surface area (Å²) < 4.78 is 52.5. The zero-order valence-electron chi connectivity index (χ0n) is 18.9. The van der Waals surface area contributed by atoms with Crippen LogP contribution in [0.2, 0.25) is 5.02 Å². The number of rotatable bonds is 6. The van der Waals surface area contributed by atoms with Gasteiger partial charge in [0.15, 0.2) is 0 Å². The van der Waals surface area contributed by atoms with Crippen LogP contribution >= 0.6 is 11.6 Å². The van der Waals surface area contributed by atoms with Crippen molar-refractivity contribution in [2.45, 2.75) is 31.6 Å². The second-order valence-corrected chi connectivity index (χ2v) is 9.29. The third-order valence-corrected chi connectivity index (χ3v) is 6.68. The number of piperidine rings is 1. The topological polar surface area (TPSA) is 32.3 Å². The van der Waals surface area contributed by atoms with E-state index in [4.69, 9.17) is 11.6 Å². The maximum atomic E-state index is 13.5. The summed E-state index contributed by atoms with van der Waals surface area (Å²) in [5.74, 6) is -0.936. The van der Waals surface area contributed by atoms with Crippen molar-refractivity contribution in [3.63, 3.8) is 0 Å². The highest BCUT2D eigenvalue weighted by molar-refractivity contribution is 6.31. The molecule has 0 spiro atoms. The van der Waals surface area contributed by atoms with Gasteiger partial charge in [-0.25, -0.2) is 4.39 Å². The van der Waals surface area contributed by atoms with Gasteiger partial charge in [0.1, 0.15) is 5.82 Å². The van der Waals surface area contributed by atoms with Gasteiger partial charge in [0.2, 0.25) is 5.91 Å². The SMILES string of the molecule is O=C(NCc1cccc(C(F)(F)F)c1)C1CC(c2ccc(F)cc2)CN(Cc2ccccc2Cl)C1. The number of alkyl halides is 3. The summed E-state index contributed by atoms with van der Waals surface area (Å²) in [6.45, 7) is 1.71. The van der Waals surface area contributed by atoms with E-state index in [0.29, 0.717) is 36.6 Å². The van der Waals surface area contributed by atoms with Gasteiger partial charge in [-0.05, 0) is 59.4 Å². The number of nitrogens with one attached hydrogen (secondary N) is 1. The normalized spacial score (nSPS) is 18.9. The van der Waals surface area contributed by atoms with Crippen LogP contribution in [-0.4, -0.2) is 23.9 Å². The van der Waals surface area contributed by atoms with Crippen molar-refractivity contribution >= 4 is 17.5 Å². The van der Waals surface area contributed by atoms with Crippen molar-refractivity contribution in [3.8, 4) is 0 Å². The Bertz CT molecular complexity index is 1170. The summed E-state index contributed by atoms with van der Waals surface area (Å²) in [5.41, 5.74) is 1.51. The Labute approximate surface area is 206 Å².